The fourth-order valence-electron chi connectivity index (χ4n) is 1.76. The monoisotopic (exact) mass is 275 g/mol. The molecule has 1 N–H and O–H groups in total. The summed E-state index contributed by atoms with van der Waals surface area (Å²) in [6.45, 7) is 6.29. The first-order chi connectivity index (χ1) is 9.58. The number of esters is 1. The molecule has 0 spiro atoms. The first-order valence-corrected chi connectivity index (χ1v) is 6.68. The molecule has 1 unspecified atom stereocenters. The minimum atomic E-state index is -0.582. The van der Waals surface area contributed by atoms with Gasteiger partial charge >= 0.3 is 5.97 Å². The lowest BCUT2D eigenvalue weighted by Gasteiger charge is -2.18. The molecule has 0 heterocycles. The van der Waals surface area contributed by atoms with Crippen LogP contribution in [-0.2, 0) is 9.53 Å². The Kier molecular flexibility index (Phi) is 6.61. The predicted octanol–water partition coefficient (Wildman–Crippen LogP) is 2.30. The number of carbonyl (C=O) groups excluding carboxylic acids is 1. The molecule has 1 rings (SSSR count). The van der Waals surface area contributed by atoms with Gasteiger partial charge in [0.05, 0.1) is 19.3 Å². The first kappa shape index (κ1) is 16.1. The van der Waals surface area contributed by atoms with Crippen molar-refractivity contribution in [2.45, 2.75) is 32.9 Å². The molecule has 0 amide bonds. The van der Waals surface area contributed by atoms with E-state index in [1.165, 1.54) is 0 Å². The van der Waals surface area contributed by atoms with Crippen molar-refractivity contribution in [2.75, 3.05) is 13.2 Å². The second-order valence-corrected chi connectivity index (χ2v) is 4.51. The SMILES string of the molecule is C#CCNC(C(=O)OCC)c1cccc(OC(C)C)c1. The van der Waals surface area contributed by atoms with Gasteiger partial charge in [-0.05, 0) is 38.5 Å². The summed E-state index contributed by atoms with van der Waals surface area (Å²) in [6.07, 6.45) is 5.31. The maximum Gasteiger partial charge on any atom is 0.327 e. The Labute approximate surface area is 120 Å². The Balaban J connectivity index is 2.94. The van der Waals surface area contributed by atoms with Crippen molar-refractivity contribution < 1.29 is 14.3 Å². The zero-order valence-electron chi connectivity index (χ0n) is 12.2. The summed E-state index contributed by atoms with van der Waals surface area (Å²) in [6, 6.07) is 6.79. The Morgan fingerprint density at radius 1 is 1.45 bits per heavy atom. The van der Waals surface area contributed by atoms with Gasteiger partial charge in [0, 0.05) is 0 Å². The summed E-state index contributed by atoms with van der Waals surface area (Å²) in [4.78, 5) is 12.0. The molecule has 0 aliphatic carbocycles. The third-order valence-electron chi connectivity index (χ3n) is 2.49. The molecule has 0 radical (unpaired) electrons. The maximum absolute atomic E-state index is 12.0. The van der Waals surface area contributed by atoms with Crippen molar-refractivity contribution in [2.24, 2.45) is 0 Å². The molecule has 0 saturated carbocycles. The molecule has 1 aromatic carbocycles. The molecule has 0 saturated heterocycles. The average molecular weight is 275 g/mol. The number of hydrogen-bond donors (Lipinski definition) is 1. The van der Waals surface area contributed by atoms with Crippen molar-refractivity contribution in [3.05, 3.63) is 29.8 Å². The van der Waals surface area contributed by atoms with Gasteiger partial charge in [0.2, 0.25) is 0 Å². The van der Waals surface area contributed by atoms with E-state index < -0.39 is 6.04 Å². The fourth-order valence-corrected chi connectivity index (χ4v) is 1.76. The molecule has 4 nitrogen and oxygen atoms in total. The van der Waals surface area contributed by atoms with Gasteiger partial charge in [-0.2, -0.15) is 0 Å². The minimum absolute atomic E-state index is 0.0740. The maximum atomic E-state index is 12.0. The Hall–Kier alpha value is -1.99. The van der Waals surface area contributed by atoms with Crippen LogP contribution in [0.3, 0.4) is 0 Å². The smallest absolute Gasteiger partial charge is 0.327 e. The van der Waals surface area contributed by atoms with Crippen LogP contribution in [-0.4, -0.2) is 25.2 Å². The number of carbonyl (C=O) groups is 1. The highest BCUT2D eigenvalue weighted by molar-refractivity contribution is 5.77. The second-order valence-electron chi connectivity index (χ2n) is 4.51. The molecule has 0 aromatic heterocycles. The number of benzene rings is 1. The van der Waals surface area contributed by atoms with Crippen molar-refractivity contribution >= 4 is 5.97 Å². The van der Waals surface area contributed by atoms with Crippen LogP contribution in [0.1, 0.15) is 32.4 Å². The van der Waals surface area contributed by atoms with Gasteiger partial charge < -0.3 is 9.47 Å². The molecular weight excluding hydrogens is 254 g/mol. The van der Waals surface area contributed by atoms with E-state index in [1.807, 2.05) is 38.1 Å². The summed E-state index contributed by atoms with van der Waals surface area (Å²) in [5.41, 5.74) is 0.775. The van der Waals surface area contributed by atoms with Gasteiger partial charge in [0.25, 0.3) is 0 Å². The van der Waals surface area contributed by atoms with Crippen LogP contribution in [0, 0.1) is 12.3 Å². The quantitative estimate of drug-likeness (QED) is 0.613. The largest absolute Gasteiger partial charge is 0.491 e. The number of hydrogen-bond acceptors (Lipinski definition) is 4. The lowest BCUT2D eigenvalue weighted by Crippen LogP contribution is -2.30. The topological polar surface area (TPSA) is 47.6 Å². The van der Waals surface area contributed by atoms with Gasteiger partial charge in [-0.3, -0.25) is 5.32 Å². The number of nitrogens with one attached hydrogen (secondary N) is 1. The van der Waals surface area contributed by atoms with Gasteiger partial charge in [-0.15, -0.1) is 6.42 Å². The molecule has 0 aliphatic heterocycles. The molecule has 4 heteroatoms. The van der Waals surface area contributed by atoms with E-state index in [9.17, 15) is 4.79 Å². The first-order valence-electron chi connectivity index (χ1n) is 6.68. The van der Waals surface area contributed by atoms with E-state index in [-0.39, 0.29) is 12.1 Å². The third kappa shape index (κ3) is 4.94. The van der Waals surface area contributed by atoms with Crippen molar-refractivity contribution in [1.29, 1.82) is 0 Å². The van der Waals surface area contributed by atoms with Crippen molar-refractivity contribution in [3.8, 4) is 18.1 Å². The number of rotatable bonds is 7. The zero-order chi connectivity index (χ0) is 15.0. The Morgan fingerprint density at radius 3 is 2.80 bits per heavy atom. The molecule has 0 bridgehead atoms. The zero-order valence-corrected chi connectivity index (χ0v) is 12.2. The van der Waals surface area contributed by atoms with Gasteiger partial charge in [0.15, 0.2) is 0 Å². The fraction of sp³-hybridized carbons (Fsp3) is 0.438. The predicted molar refractivity (Wildman–Crippen MR) is 78.4 cm³/mol. The van der Waals surface area contributed by atoms with E-state index in [4.69, 9.17) is 15.9 Å². The summed E-state index contributed by atoms with van der Waals surface area (Å²) in [5, 5.41) is 2.98. The van der Waals surface area contributed by atoms with E-state index in [0.717, 1.165) is 5.56 Å². The van der Waals surface area contributed by atoms with Crippen molar-refractivity contribution in [3.63, 3.8) is 0 Å². The molecule has 1 atom stereocenters. The van der Waals surface area contributed by atoms with Crippen LogP contribution in [0.5, 0.6) is 5.75 Å². The lowest BCUT2D eigenvalue weighted by atomic mass is 10.1. The van der Waals surface area contributed by atoms with Crippen LogP contribution in [0.25, 0.3) is 0 Å². The standard InChI is InChI=1S/C16H21NO3/c1-5-10-17-15(16(18)19-6-2)13-8-7-9-14(11-13)20-12(3)4/h1,7-9,11-12,15,17H,6,10H2,2-4H3. The van der Waals surface area contributed by atoms with Gasteiger partial charge in [-0.1, -0.05) is 18.1 Å². The highest BCUT2D eigenvalue weighted by atomic mass is 16.5. The summed E-state index contributed by atoms with van der Waals surface area (Å²) in [7, 11) is 0. The van der Waals surface area contributed by atoms with Crippen LogP contribution in [0.15, 0.2) is 24.3 Å². The lowest BCUT2D eigenvalue weighted by molar-refractivity contribution is -0.145. The van der Waals surface area contributed by atoms with Gasteiger partial charge in [0.1, 0.15) is 11.8 Å². The van der Waals surface area contributed by atoms with Crippen LogP contribution < -0.4 is 10.1 Å². The average Bonchev–Trinajstić information content (AvgIpc) is 2.39. The summed E-state index contributed by atoms with van der Waals surface area (Å²) < 4.78 is 10.7. The molecule has 108 valence electrons. The summed E-state index contributed by atoms with van der Waals surface area (Å²) >= 11 is 0. The van der Waals surface area contributed by atoms with Crippen molar-refractivity contribution in [1.82, 2.24) is 5.32 Å². The molecule has 0 aliphatic rings. The highest BCUT2D eigenvalue weighted by Crippen LogP contribution is 2.21. The Bertz CT molecular complexity index is 477. The highest BCUT2D eigenvalue weighted by Gasteiger charge is 2.21. The second kappa shape index (κ2) is 8.23. The Morgan fingerprint density at radius 2 is 2.20 bits per heavy atom. The number of ether oxygens (including phenoxy) is 2. The van der Waals surface area contributed by atoms with E-state index >= 15 is 0 Å². The third-order valence-corrected chi connectivity index (χ3v) is 2.49. The normalized spacial score (nSPS) is 11.8. The molecule has 1 aromatic rings. The minimum Gasteiger partial charge on any atom is -0.491 e. The number of terminal acetylenes is 1. The van der Waals surface area contributed by atoms with Gasteiger partial charge in [-0.25, -0.2) is 4.79 Å². The molecule has 0 fully saturated rings. The van der Waals surface area contributed by atoms with Crippen LogP contribution in [0.4, 0.5) is 0 Å². The molecule has 20 heavy (non-hydrogen) atoms. The van der Waals surface area contributed by atoms with E-state index in [1.54, 1.807) is 6.92 Å². The van der Waals surface area contributed by atoms with E-state index in [0.29, 0.717) is 18.9 Å². The summed E-state index contributed by atoms with van der Waals surface area (Å²) in [5.74, 6) is 2.84. The van der Waals surface area contributed by atoms with Crippen LogP contribution >= 0.6 is 0 Å². The van der Waals surface area contributed by atoms with E-state index in [2.05, 4.69) is 11.2 Å². The molecular formula is C16H21NO3. The van der Waals surface area contributed by atoms with Crippen LogP contribution in [0.2, 0.25) is 0 Å².